The van der Waals surface area contributed by atoms with Crippen LogP contribution < -0.4 is 5.73 Å². The lowest BCUT2D eigenvalue weighted by Crippen LogP contribution is -2.42. The fourth-order valence-corrected chi connectivity index (χ4v) is 3.28. The van der Waals surface area contributed by atoms with Gasteiger partial charge in [-0.2, -0.15) is 0 Å². The number of rotatable bonds is 3. The van der Waals surface area contributed by atoms with Crippen LogP contribution in [0.15, 0.2) is 0 Å². The summed E-state index contributed by atoms with van der Waals surface area (Å²) in [4.78, 5) is 16.6. The van der Waals surface area contributed by atoms with Crippen LogP contribution in [0, 0.1) is 5.92 Å². The molecule has 0 bridgehead atoms. The van der Waals surface area contributed by atoms with E-state index in [1.165, 1.54) is 6.42 Å². The van der Waals surface area contributed by atoms with Crippen molar-refractivity contribution in [3.05, 3.63) is 0 Å². The third kappa shape index (κ3) is 3.45. The summed E-state index contributed by atoms with van der Waals surface area (Å²) in [6.07, 6.45) is 6.18. The summed E-state index contributed by atoms with van der Waals surface area (Å²) in [6.45, 7) is 2.22. The maximum absolute atomic E-state index is 12.3. The summed E-state index contributed by atoms with van der Waals surface area (Å²) in [6, 6.07) is 0.782. The molecule has 2 aliphatic rings. The molecular formula is C14H27N3O. The molecule has 1 atom stereocenters. The van der Waals surface area contributed by atoms with Crippen molar-refractivity contribution >= 4 is 5.91 Å². The minimum absolute atomic E-state index is 0.329. The standard InChI is InChI=1S/C14H27N3O/c1-16-8-7-11(10-16)9-14(18)17(2)13-5-3-12(15)4-6-13/h11-13H,3-10,15H2,1-2H3. The first-order valence-corrected chi connectivity index (χ1v) is 7.26. The molecule has 1 saturated carbocycles. The van der Waals surface area contributed by atoms with Crippen LogP contribution in [0.25, 0.3) is 0 Å². The molecule has 2 fully saturated rings. The van der Waals surface area contributed by atoms with E-state index in [0.29, 0.717) is 23.9 Å². The number of carbonyl (C=O) groups is 1. The maximum atomic E-state index is 12.3. The molecule has 1 heterocycles. The first-order valence-electron chi connectivity index (χ1n) is 7.26. The molecular weight excluding hydrogens is 226 g/mol. The second kappa shape index (κ2) is 6.02. The highest BCUT2D eigenvalue weighted by molar-refractivity contribution is 5.76. The van der Waals surface area contributed by atoms with E-state index in [2.05, 4.69) is 11.9 Å². The molecule has 1 aliphatic heterocycles. The van der Waals surface area contributed by atoms with Crippen molar-refractivity contribution in [1.82, 2.24) is 9.80 Å². The zero-order valence-corrected chi connectivity index (χ0v) is 11.8. The molecule has 0 aromatic heterocycles. The minimum Gasteiger partial charge on any atom is -0.343 e. The Hall–Kier alpha value is -0.610. The molecule has 0 aromatic carbocycles. The first-order chi connectivity index (χ1) is 8.56. The van der Waals surface area contributed by atoms with Crippen LogP contribution in [0.3, 0.4) is 0 Å². The van der Waals surface area contributed by atoms with E-state index < -0.39 is 0 Å². The van der Waals surface area contributed by atoms with E-state index in [0.717, 1.165) is 45.2 Å². The summed E-state index contributed by atoms with van der Waals surface area (Å²) in [5.41, 5.74) is 5.91. The van der Waals surface area contributed by atoms with Crippen LogP contribution in [0.2, 0.25) is 0 Å². The third-order valence-electron chi connectivity index (χ3n) is 4.63. The predicted octanol–water partition coefficient (Wildman–Crippen LogP) is 1.06. The van der Waals surface area contributed by atoms with Crippen molar-refractivity contribution in [2.75, 3.05) is 27.2 Å². The Morgan fingerprint density at radius 3 is 2.50 bits per heavy atom. The van der Waals surface area contributed by atoms with Gasteiger partial charge in [-0.1, -0.05) is 0 Å². The van der Waals surface area contributed by atoms with Crippen molar-refractivity contribution < 1.29 is 4.79 Å². The normalized spacial score (nSPS) is 33.6. The van der Waals surface area contributed by atoms with Crippen LogP contribution in [0.1, 0.15) is 38.5 Å². The molecule has 4 heteroatoms. The number of amides is 1. The van der Waals surface area contributed by atoms with Gasteiger partial charge in [0.2, 0.25) is 5.91 Å². The molecule has 2 N–H and O–H groups in total. The van der Waals surface area contributed by atoms with Crippen molar-refractivity contribution in [2.24, 2.45) is 11.7 Å². The van der Waals surface area contributed by atoms with Gasteiger partial charge in [0.1, 0.15) is 0 Å². The van der Waals surface area contributed by atoms with Gasteiger partial charge >= 0.3 is 0 Å². The van der Waals surface area contributed by atoms with Crippen LogP contribution >= 0.6 is 0 Å². The number of likely N-dealkylation sites (tertiary alicyclic amines) is 1. The average molecular weight is 253 g/mol. The molecule has 0 aromatic rings. The summed E-state index contributed by atoms with van der Waals surface area (Å²) >= 11 is 0. The summed E-state index contributed by atoms with van der Waals surface area (Å²) < 4.78 is 0. The predicted molar refractivity (Wildman–Crippen MR) is 73.2 cm³/mol. The Labute approximate surface area is 110 Å². The monoisotopic (exact) mass is 253 g/mol. The van der Waals surface area contributed by atoms with E-state index in [1.807, 2.05) is 11.9 Å². The van der Waals surface area contributed by atoms with Gasteiger partial charge in [-0.25, -0.2) is 0 Å². The van der Waals surface area contributed by atoms with Crippen LogP contribution in [-0.2, 0) is 4.79 Å². The topological polar surface area (TPSA) is 49.6 Å². The van der Waals surface area contributed by atoms with Crippen molar-refractivity contribution in [3.8, 4) is 0 Å². The van der Waals surface area contributed by atoms with Gasteiger partial charge in [-0.15, -0.1) is 0 Å². The molecule has 0 spiro atoms. The molecule has 104 valence electrons. The molecule has 1 saturated heterocycles. The maximum Gasteiger partial charge on any atom is 0.222 e. The van der Waals surface area contributed by atoms with Gasteiger partial charge in [-0.05, 0) is 51.6 Å². The zero-order chi connectivity index (χ0) is 13.1. The highest BCUT2D eigenvalue weighted by Gasteiger charge is 2.28. The fourth-order valence-electron chi connectivity index (χ4n) is 3.28. The lowest BCUT2D eigenvalue weighted by atomic mass is 9.90. The number of nitrogens with zero attached hydrogens (tertiary/aromatic N) is 2. The second-order valence-corrected chi connectivity index (χ2v) is 6.19. The molecule has 0 radical (unpaired) electrons. The number of nitrogens with two attached hydrogens (primary N) is 1. The van der Waals surface area contributed by atoms with E-state index in [4.69, 9.17) is 5.73 Å². The summed E-state index contributed by atoms with van der Waals surface area (Å²) in [5.74, 6) is 0.895. The van der Waals surface area contributed by atoms with Crippen molar-refractivity contribution in [2.45, 2.75) is 50.6 Å². The Bertz CT molecular complexity index is 287. The quantitative estimate of drug-likeness (QED) is 0.818. The Morgan fingerprint density at radius 1 is 1.28 bits per heavy atom. The molecule has 1 aliphatic carbocycles. The van der Waals surface area contributed by atoms with E-state index in [-0.39, 0.29) is 0 Å². The van der Waals surface area contributed by atoms with E-state index in [1.54, 1.807) is 0 Å². The Morgan fingerprint density at radius 2 is 1.94 bits per heavy atom. The lowest BCUT2D eigenvalue weighted by molar-refractivity contribution is -0.133. The van der Waals surface area contributed by atoms with Crippen LogP contribution in [-0.4, -0.2) is 55.0 Å². The minimum atomic E-state index is 0.329. The second-order valence-electron chi connectivity index (χ2n) is 6.19. The molecule has 1 amide bonds. The third-order valence-corrected chi connectivity index (χ3v) is 4.63. The van der Waals surface area contributed by atoms with Gasteiger partial charge < -0.3 is 15.5 Å². The van der Waals surface area contributed by atoms with Crippen molar-refractivity contribution in [3.63, 3.8) is 0 Å². The molecule has 18 heavy (non-hydrogen) atoms. The average Bonchev–Trinajstić information content (AvgIpc) is 2.75. The Balaban J connectivity index is 1.77. The SMILES string of the molecule is CN1CCC(CC(=O)N(C)C2CCC(N)CC2)C1. The number of carbonyl (C=O) groups excluding carboxylic acids is 1. The molecule has 4 nitrogen and oxygen atoms in total. The van der Waals surface area contributed by atoms with Crippen molar-refractivity contribution in [1.29, 1.82) is 0 Å². The smallest absolute Gasteiger partial charge is 0.222 e. The van der Waals surface area contributed by atoms with Gasteiger partial charge in [0, 0.05) is 32.1 Å². The van der Waals surface area contributed by atoms with Crippen LogP contribution in [0.4, 0.5) is 0 Å². The van der Waals surface area contributed by atoms with Crippen LogP contribution in [0.5, 0.6) is 0 Å². The highest BCUT2D eigenvalue weighted by atomic mass is 16.2. The van der Waals surface area contributed by atoms with Gasteiger partial charge in [-0.3, -0.25) is 4.79 Å². The largest absolute Gasteiger partial charge is 0.343 e. The highest BCUT2D eigenvalue weighted by Crippen LogP contribution is 2.24. The Kier molecular flexibility index (Phi) is 4.62. The summed E-state index contributed by atoms with van der Waals surface area (Å²) in [7, 11) is 4.11. The zero-order valence-electron chi connectivity index (χ0n) is 11.8. The lowest BCUT2D eigenvalue weighted by Gasteiger charge is -2.34. The van der Waals surface area contributed by atoms with Gasteiger partial charge in [0.25, 0.3) is 0 Å². The number of hydrogen-bond acceptors (Lipinski definition) is 3. The van der Waals surface area contributed by atoms with E-state index in [9.17, 15) is 4.79 Å². The first kappa shape index (κ1) is 13.8. The van der Waals surface area contributed by atoms with Gasteiger partial charge in [0.05, 0.1) is 0 Å². The fraction of sp³-hybridized carbons (Fsp3) is 0.929. The summed E-state index contributed by atoms with van der Waals surface area (Å²) in [5, 5.41) is 0. The molecule has 2 rings (SSSR count). The molecule has 1 unspecified atom stereocenters. The van der Waals surface area contributed by atoms with Gasteiger partial charge in [0.15, 0.2) is 0 Å². The van der Waals surface area contributed by atoms with E-state index >= 15 is 0 Å². The number of hydrogen-bond donors (Lipinski definition) is 1.